The van der Waals surface area contributed by atoms with Gasteiger partial charge in [0, 0.05) is 6.54 Å². The Morgan fingerprint density at radius 2 is 1.62 bits per heavy atom. The first kappa shape index (κ1) is 16.3. The molecule has 1 saturated heterocycles. The maximum Gasteiger partial charge on any atom is 0.494 e. The molecule has 1 aromatic rings. The largest absolute Gasteiger partial charge is 0.494 e. The molecule has 2 rings (SSSR count). The van der Waals surface area contributed by atoms with Crippen LogP contribution in [-0.2, 0) is 22.0 Å². The zero-order valence-corrected chi connectivity index (χ0v) is 12.5. The Bertz CT molecular complexity index is 528. The van der Waals surface area contributed by atoms with Crippen molar-refractivity contribution in [2.45, 2.75) is 51.6 Å². The number of alkyl halides is 3. The van der Waals surface area contributed by atoms with Gasteiger partial charge in [0.15, 0.2) is 0 Å². The summed E-state index contributed by atoms with van der Waals surface area (Å²) in [6.45, 7) is 7.24. The average molecular weight is 301 g/mol. The molecule has 0 radical (unpaired) electrons. The van der Waals surface area contributed by atoms with E-state index in [4.69, 9.17) is 15.0 Å². The molecule has 0 unspecified atom stereocenters. The van der Waals surface area contributed by atoms with Crippen molar-refractivity contribution in [2.24, 2.45) is 5.73 Å². The average Bonchev–Trinajstić information content (AvgIpc) is 2.56. The van der Waals surface area contributed by atoms with Crippen LogP contribution in [0.4, 0.5) is 13.2 Å². The van der Waals surface area contributed by atoms with Gasteiger partial charge in [-0.15, -0.1) is 0 Å². The standard InChI is InChI=1S/C14H19BF3NO2/c1-12(2)13(3,4)21-15(20-12)10-6-5-9(8-19)11(7-10)14(16,17)18/h5-7H,8,19H2,1-4H3. The Kier molecular flexibility index (Phi) is 3.89. The van der Waals surface area contributed by atoms with Crippen LogP contribution >= 0.6 is 0 Å². The van der Waals surface area contributed by atoms with Crippen LogP contribution in [0.5, 0.6) is 0 Å². The highest BCUT2D eigenvalue weighted by molar-refractivity contribution is 6.62. The number of nitrogens with two attached hydrogens (primary N) is 1. The second-order valence-electron chi connectivity index (χ2n) is 6.21. The van der Waals surface area contributed by atoms with Gasteiger partial charge in [-0.3, -0.25) is 0 Å². The van der Waals surface area contributed by atoms with Crippen LogP contribution in [0.25, 0.3) is 0 Å². The summed E-state index contributed by atoms with van der Waals surface area (Å²) in [7, 11) is -0.817. The molecule has 0 saturated carbocycles. The lowest BCUT2D eigenvalue weighted by molar-refractivity contribution is -0.138. The summed E-state index contributed by atoms with van der Waals surface area (Å²) < 4.78 is 50.7. The Balaban J connectivity index is 2.39. The third kappa shape index (κ3) is 2.95. The third-order valence-corrected chi connectivity index (χ3v) is 4.18. The van der Waals surface area contributed by atoms with E-state index in [1.54, 1.807) is 6.07 Å². The van der Waals surface area contributed by atoms with E-state index in [-0.39, 0.29) is 12.1 Å². The highest BCUT2D eigenvalue weighted by Gasteiger charge is 2.52. The molecule has 0 spiro atoms. The van der Waals surface area contributed by atoms with Crippen LogP contribution in [-0.4, -0.2) is 18.3 Å². The van der Waals surface area contributed by atoms with Gasteiger partial charge in [-0.2, -0.15) is 13.2 Å². The zero-order chi connectivity index (χ0) is 16.1. The minimum Gasteiger partial charge on any atom is -0.399 e. The fraction of sp³-hybridized carbons (Fsp3) is 0.571. The van der Waals surface area contributed by atoms with Gasteiger partial charge in [-0.1, -0.05) is 12.1 Å². The smallest absolute Gasteiger partial charge is 0.399 e. The van der Waals surface area contributed by atoms with E-state index in [9.17, 15) is 13.2 Å². The molecule has 7 heteroatoms. The molecule has 0 aliphatic carbocycles. The Labute approximate surface area is 122 Å². The molecule has 1 heterocycles. The summed E-state index contributed by atoms with van der Waals surface area (Å²) in [6.07, 6.45) is -4.45. The normalized spacial score (nSPS) is 20.9. The molecule has 1 fully saturated rings. The van der Waals surface area contributed by atoms with E-state index < -0.39 is 30.1 Å². The summed E-state index contributed by atoms with van der Waals surface area (Å²) in [6, 6.07) is 4.01. The Hall–Kier alpha value is -1.05. The van der Waals surface area contributed by atoms with Crippen LogP contribution < -0.4 is 11.2 Å². The molecular formula is C14H19BF3NO2. The van der Waals surface area contributed by atoms with Crippen LogP contribution in [0.2, 0.25) is 0 Å². The first-order valence-corrected chi connectivity index (χ1v) is 6.74. The van der Waals surface area contributed by atoms with E-state index in [2.05, 4.69) is 0 Å². The molecule has 0 aromatic heterocycles. The van der Waals surface area contributed by atoms with E-state index in [1.807, 2.05) is 27.7 Å². The highest BCUT2D eigenvalue weighted by Crippen LogP contribution is 2.37. The van der Waals surface area contributed by atoms with Crippen molar-refractivity contribution in [3.05, 3.63) is 29.3 Å². The Morgan fingerprint density at radius 1 is 1.10 bits per heavy atom. The van der Waals surface area contributed by atoms with Crippen molar-refractivity contribution >= 4 is 12.6 Å². The second-order valence-corrected chi connectivity index (χ2v) is 6.21. The van der Waals surface area contributed by atoms with Crippen molar-refractivity contribution in [3.8, 4) is 0 Å². The fourth-order valence-corrected chi connectivity index (χ4v) is 2.16. The number of rotatable bonds is 2. The SMILES string of the molecule is CC1(C)OB(c2ccc(CN)c(C(F)(F)F)c2)OC1(C)C. The van der Waals surface area contributed by atoms with Crippen molar-refractivity contribution in [3.63, 3.8) is 0 Å². The summed E-state index contributed by atoms with van der Waals surface area (Å²) in [5.74, 6) is 0. The predicted octanol–water partition coefficient (Wildman–Crippen LogP) is 2.46. The number of halogens is 3. The molecule has 1 aromatic carbocycles. The van der Waals surface area contributed by atoms with Gasteiger partial charge in [-0.25, -0.2) is 0 Å². The van der Waals surface area contributed by atoms with Crippen LogP contribution in [0, 0.1) is 0 Å². The van der Waals surface area contributed by atoms with Gasteiger partial charge >= 0.3 is 13.3 Å². The summed E-state index contributed by atoms with van der Waals surface area (Å²) >= 11 is 0. The van der Waals surface area contributed by atoms with E-state index in [0.29, 0.717) is 5.46 Å². The molecule has 0 bridgehead atoms. The molecule has 116 valence electrons. The molecule has 0 atom stereocenters. The molecule has 1 aliphatic rings. The highest BCUT2D eigenvalue weighted by atomic mass is 19.4. The monoisotopic (exact) mass is 301 g/mol. The zero-order valence-electron chi connectivity index (χ0n) is 12.5. The molecule has 1 aliphatic heterocycles. The Morgan fingerprint density at radius 3 is 2.05 bits per heavy atom. The molecule has 21 heavy (non-hydrogen) atoms. The topological polar surface area (TPSA) is 44.5 Å². The summed E-state index contributed by atoms with van der Waals surface area (Å²) in [5.41, 5.74) is 3.85. The van der Waals surface area contributed by atoms with Crippen LogP contribution in [0.15, 0.2) is 18.2 Å². The summed E-state index contributed by atoms with van der Waals surface area (Å²) in [4.78, 5) is 0. The number of hydrogen-bond donors (Lipinski definition) is 1. The quantitative estimate of drug-likeness (QED) is 0.854. The van der Waals surface area contributed by atoms with Crippen molar-refractivity contribution in [2.75, 3.05) is 0 Å². The van der Waals surface area contributed by atoms with Gasteiger partial charge in [-0.05, 0) is 44.8 Å². The van der Waals surface area contributed by atoms with E-state index in [0.717, 1.165) is 6.07 Å². The van der Waals surface area contributed by atoms with E-state index in [1.165, 1.54) is 6.07 Å². The molecule has 0 amide bonds. The lowest BCUT2D eigenvalue weighted by atomic mass is 9.77. The van der Waals surface area contributed by atoms with Gasteiger partial charge < -0.3 is 15.0 Å². The van der Waals surface area contributed by atoms with Gasteiger partial charge in [0.25, 0.3) is 0 Å². The lowest BCUT2D eigenvalue weighted by Crippen LogP contribution is -2.41. The van der Waals surface area contributed by atoms with Crippen LogP contribution in [0.3, 0.4) is 0 Å². The first-order valence-electron chi connectivity index (χ1n) is 6.74. The molecule has 3 nitrogen and oxygen atoms in total. The number of benzene rings is 1. The van der Waals surface area contributed by atoms with Gasteiger partial charge in [0.05, 0.1) is 16.8 Å². The fourth-order valence-electron chi connectivity index (χ4n) is 2.16. The number of hydrogen-bond acceptors (Lipinski definition) is 3. The first-order chi connectivity index (χ1) is 9.48. The minimum atomic E-state index is -4.45. The van der Waals surface area contributed by atoms with Crippen LogP contribution in [0.1, 0.15) is 38.8 Å². The molecular weight excluding hydrogens is 282 g/mol. The molecule has 2 N–H and O–H groups in total. The van der Waals surface area contributed by atoms with Gasteiger partial charge in [0.2, 0.25) is 0 Å². The van der Waals surface area contributed by atoms with Gasteiger partial charge in [0.1, 0.15) is 0 Å². The predicted molar refractivity (Wildman–Crippen MR) is 75.1 cm³/mol. The third-order valence-electron chi connectivity index (χ3n) is 4.18. The lowest BCUT2D eigenvalue weighted by Gasteiger charge is -2.32. The minimum absolute atomic E-state index is 0.0581. The van der Waals surface area contributed by atoms with Crippen molar-refractivity contribution in [1.29, 1.82) is 0 Å². The van der Waals surface area contributed by atoms with E-state index >= 15 is 0 Å². The maximum atomic E-state index is 13.1. The van der Waals surface area contributed by atoms with Crippen molar-refractivity contribution < 1.29 is 22.5 Å². The second kappa shape index (κ2) is 5.00. The van der Waals surface area contributed by atoms with Crippen molar-refractivity contribution in [1.82, 2.24) is 0 Å². The summed E-state index contributed by atoms with van der Waals surface area (Å²) in [5, 5.41) is 0. The maximum absolute atomic E-state index is 13.1.